The van der Waals surface area contributed by atoms with E-state index in [1.165, 1.54) is 26.4 Å². The lowest BCUT2D eigenvalue weighted by atomic mass is 9.78. The van der Waals surface area contributed by atoms with E-state index in [0.29, 0.717) is 17.3 Å². The van der Waals surface area contributed by atoms with Gasteiger partial charge in [-0.25, -0.2) is 0 Å². The topological polar surface area (TPSA) is 52.9 Å². The lowest BCUT2D eigenvalue weighted by molar-refractivity contribution is 0.240. The minimum absolute atomic E-state index is 0.437. The molecule has 1 aromatic rings. The van der Waals surface area contributed by atoms with Gasteiger partial charge in [-0.15, -0.1) is 0 Å². The third-order valence-corrected chi connectivity index (χ3v) is 3.93. The molecule has 1 unspecified atom stereocenters. The molecule has 0 saturated carbocycles. The van der Waals surface area contributed by atoms with Crippen LogP contribution in [0.1, 0.15) is 31.7 Å². The molecule has 1 aromatic carbocycles. The Morgan fingerprint density at radius 3 is 2.84 bits per heavy atom. The van der Waals surface area contributed by atoms with E-state index in [9.17, 15) is 10.0 Å². The van der Waals surface area contributed by atoms with Gasteiger partial charge in [0.15, 0.2) is 0 Å². The van der Waals surface area contributed by atoms with Crippen molar-refractivity contribution < 1.29 is 14.8 Å². The molecule has 0 aromatic heterocycles. The van der Waals surface area contributed by atoms with Crippen LogP contribution in [0.3, 0.4) is 0 Å². The SMILES string of the molecule is CCC1CCCN1Cc1ccc(OC)c(B(O)O)c1. The molecule has 0 bridgehead atoms. The molecule has 4 nitrogen and oxygen atoms in total. The van der Waals surface area contributed by atoms with Crippen molar-refractivity contribution in [1.82, 2.24) is 4.90 Å². The van der Waals surface area contributed by atoms with Crippen LogP contribution in [0.15, 0.2) is 18.2 Å². The highest BCUT2D eigenvalue weighted by atomic mass is 16.5. The number of hydrogen-bond acceptors (Lipinski definition) is 4. The van der Waals surface area contributed by atoms with Gasteiger partial charge in [0.25, 0.3) is 0 Å². The molecule has 1 aliphatic heterocycles. The molecule has 1 atom stereocenters. The molecular formula is C14H22BNO3. The highest BCUT2D eigenvalue weighted by Crippen LogP contribution is 2.22. The second-order valence-corrected chi connectivity index (χ2v) is 5.12. The Morgan fingerprint density at radius 1 is 1.42 bits per heavy atom. The Kier molecular flexibility index (Phi) is 4.85. The van der Waals surface area contributed by atoms with Gasteiger partial charge in [0, 0.05) is 18.0 Å². The van der Waals surface area contributed by atoms with E-state index in [1.54, 1.807) is 6.07 Å². The van der Waals surface area contributed by atoms with E-state index in [1.807, 2.05) is 12.1 Å². The van der Waals surface area contributed by atoms with Gasteiger partial charge < -0.3 is 14.8 Å². The fourth-order valence-electron chi connectivity index (χ4n) is 2.88. The summed E-state index contributed by atoms with van der Waals surface area (Å²) in [6, 6.07) is 6.29. The molecule has 2 N–H and O–H groups in total. The summed E-state index contributed by atoms with van der Waals surface area (Å²) in [6.45, 7) is 4.21. The Labute approximate surface area is 115 Å². The van der Waals surface area contributed by atoms with Crippen molar-refractivity contribution in [2.24, 2.45) is 0 Å². The number of ether oxygens (including phenoxy) is 1. The maximum Gasteiger partial charge on any atom is 0.492 e. The maximum atomic E-state index is 9.38. The fraction of sp³-hybridized carbons (Fsp3) is 0.571. The zero-order valence-electron chi connectivity index (χ0n) is 11.7. The summed E-state index contributed by atoms with van der Waals surface area (Å²) in [6.07, 6.45) is 3.69. The van der Waals surface area contributed by atoms with Crippen LogP contribution in [-0.4, -0.2) is 41.8 Å². The van der Waals surface area contributed by atoms with Crippen LogP contribution in [0.2, 0.25) is 0 Å². The van der Waals surface area contributed by atoms with Crippen LogP contribution in [0.4, 0.5) is 0 Å². The zero-order valence-corrected chi connectivity index (χ0v) is 11.7. The molecule has 1 heterocycles. The summed E-state index contributed by atoms with van der Waals surface area (Å²) < 4.78 is 5.14. The van der Waals surface area contributed by atoms with Crippen molar-refractivity contribution in [3.05, 3.63) is 23.8 Å². The largest absolute Gasteiger partial charge is 0.497 e. The van der Waals surface area contributed by atoms with Gasteiger partial charge in [-0.05, 0) is 37.4 Å². The lowest BCUT2D eigenvalue weighted by Gasteiger charge is -2.23. The fourth-order valence-corrected chi connectivity index (χ4v) is 2.88. The summed E-state index contributed by atoms with van der Waals surface area (Å²) in [7, 11) is 0.0459. The normalized spacial score (nSPS) is 19.7. The smallest absolute Gasteiger partial charge is 0.492 e. The summed E-state index contributed by atoms with van der Waals surface area (Å²) in [4.78, 5) is 2.47. The van der Waals surface area contributed by atoms with Crippen LogP contribution >= 0.6 is 0 Å². The van der Waals surface area contributed by atoms with Crippen molar-refractivity contribution in [3.8, 4) is 5.75 Å². The average molecular weight is 263 g/mol. The molecule has 0 radical (unpaired) electrons. The first-order valence-electron chi connectivity index (χ1n) is 6.92. The van der Waals surface area contributed by atoms with Crippen molar-refractivity contribution in [3.63, 3.8) is 0 Å². The van der Waals surface area contributed by atoms with Crippen LogP contribution < -0.4 is 10.2 Å². The number of likely N-dealkylation sites (tertiary alicyclic amines) is 1. The predicted molar refractivity (Wildman–Crippen MR) is 76.5 cm³/mol. The first-order valence-corrected chi connectivity index (χ1v) is 6.92. The zero-order chi connectivity index (χ0) is 13.8. The van der Waals surface area contributed by atoms with Gasteiger partial charge >= 0.3 is 7.12 Å². The summed E-state index contributed by atoms with van der Waals surface area (Å²) in [5.41, 5.74) is 1.54. The van der Waals surface area contributed by atoms with E-state index in [4.69, 9.17) is 4.74 Å². The van der Waals surface area contributed by atoms with Crippen molar-refractivity contribution >= 4 is 12.6 Å². The molecule has 5 heteroatoms. The van der Waals surface area contributed by atoms with Gasteiger partial charge in [0.2, 0.25) is 0 Å². The molecule has 1 fully saturated rings. The van der Waals surface area contributed by atoms with E-state index < -0.39 is 7.12 Å². The third kappa shape index (κ3) is 3.29. The predicted octanol–water partition coefficient (Wildman–Crippen LogP) is 0.749. The minimum atomic E-state index is -1.49. The highest BCUT2D eigenvalue weighted by molar-refractivity contribution is 6.59. The summed E-state index contributed by atoms with van der Waals surface area (Å²) in [5.74, 6) is 0.521. The van der Waals surface area contributed by atoms with E-state index in [0.717, 1.165) is 18.7 Å². The molecule has 104 valence electrons. The van der Waals surface area contributed by atoms with Crippen molar-refractivity contribution in [2.75, 3.05) is 13.7 Å². The van der Waals surface area contributed by atoms with Gasteiger partial charge in [0.05, 0.1) is 7.11 Å². The second-order valence-electron chi connectivity index (χ2n) is 5.12. The molecule has 19 heavy (non-hydrogen) atoms. The van der Waals surface area contributed by atoms with Gasteiger partial charge in [0.1, 0.15) is 5.75 Å². The van der Waals surface area contributed by atoms with Crippen LogP contribution in [0, 0.1) is 0 Å². The molecule has 2 rings (SSSR count). The third-order valence-electron chi connectivity index (χ3n) is 3.93. The quantitative estimate of drug-likeness (QED) is 0.770. The molecule has 0 aliphatic carbocycles. The van der Waals surface area contributed by atoms with Crippen molar-refractivity contribution in [2.45, 2.75) is 38.8 Å². The van der Waals surface area contributed by atoms with Gasteiger partial charge in [-0.2, -0.15) is 0 Å². The van der Waals surface area contributed by atoms with Gasteiger partial charge in [-0.1, -0.05) is 19.1 Å². The molecule has 0 amide bonds. The molecular weight excluding hydrogens is 241 g/mol. The number of hydrogen-bond donors (Lipinski definition) is 2. The number of rotatable bonds is 5. The van der Waals surface area contributed by atoms with E-state index >= 15 is 0 Å². The van der Waals surface area contributed by atoms with Crippen LogP contribution in [0.5, 0.6) is 5.75 Å². The molecule has 0 spiro atoms. The van der Waals surface area contributed by atoms with Crippen molar-refractivity contribution in [1.29, 1.82) is 0 Å². The Hall–Kier alpha value is -1.04. The van der Waals surface area contributed by atoms with Crippen LogP contribution in [0.25, 0.3) is 0 Å². The Balaban J connectivity index is 2.14. The number of methoxy groups -OCH3 is 1. The lowest BCUT2D eigenvalue weighted by Crippen LogP contribution is -2.33. The monoisotopic (exact) mass is 263 g/mol. The van der Waals surface area contributed by atoms with Crippen LogP contribution in [-0.2, 0) is 6.54 Å². The Bertz CT molecular complexity index is 425. The minimum Gasteiger partial charge on any atom is -0.497 e. The Morgan fingerprint density at radius 2 is 2.21 bits per heavy atom. The first kappa shape index (κ1) is 14.4. The van der Waals surface area contributed by atoms with E-state index in [2.05, 4.69) is 11.8 Å². The summed E-state index contributed by atoms with van der Waals surface area (Å²) >= 11 is 0. The second kappa shape index (κ2) is 6.41. The summed E-state index contributed by atoms with van der Waals surface area (Å²) in [5, 5.41) is 18.8. The molecule has 1 saturated heterocycles. The van der Waals surface area contributed by atoms with E-state index in [-0.39, 0.29) is 0 Å². The average Bonchev–Trinajstić information content (AvgIpc) is 2.85. The highest BCUT2D eigenvalue weighted by Gasteiger charge is 2.24. The number of nitrogens with zero attached hydrogens (tertiary/aromatic N) is 1. The molecule has 1 aliphatic rings. The van der Waals surface area contributed by atoms with Gasteiger partial charge in [-0.3, -0.25) is 4.90 Å². The maximum absolute atomic E-state index is 9.38. The number of benzene rings is 1. The first-order chi connectivity index (χ1) is 9.15. The standard InChI is InChI=1S/C14H22BNO3/c1-3-12-5-4-8-16(12)10-11-6-7-14(19-2)13(9-11)15(17)18/h6-7,9,12,17-18H,3-5,8,10H2,1-2H3.